The Kier molecular flexibility index (Phi) is 6.16. The molecule has 0 aromatic heterocycles. The van der Waals surface area contributed by atoms with E-state index >= 15 is 0 Å². The zero-order chi connectivity index (χ0) is 15.0. The molecular weight excluding hydrogens is 256 g/mol. The maximum Gasteiger partial charge on any atom is 0.253 e. The molecule has 0 heterocycles. The van der Waals surface area contributed by atoms with Crippen LogP contribution in [-0.2, 0) is 14.4 Å². The SMILES string of the molecule is CCC(=O)N(C[C]=O)C(=O)/C=C/c1ccccc1NC. The quantitative estimate of drug-likeness (QED) is 0.800. The molecule has 1 rings (SSSR count). The van der Waals surface area contributed by atoms with Gasteiger partial charge in [0.15, 0.2) is 0 Å². The lowest BCUT2D eigenvalue weighted by Crippen LogP contribution is -2.36. The zero-order valence-corrected chi connectivity index (χ0v) is 11.6. The molecule has 0 saturated carbocycles. The first kappa shape index (κ1) is 15.6. The van der Waals surface area contributed by atoms with Crippen LogP contribution in [-0.4, -0.2) is 36.6 Å². The summed E-state index contributed by atoms with van der Waals surface area (Å²) in [4.78, 5) is 34.8. The summed E-state index contributed by atoms with van der Waals surface area (Å²) in [6, 6.07) is 7.43. The molecule has 0 aliphatic rings. The molecule has 0 atom stereocenters. The van der Waals surface area contributed by atoms with Gasteiger partial charge in [-0.1, -0.05) is 25.1 Å². The van der Waals surface area contributed by atoms with Crippen molar-refractivity contribution in [2.24, 2.45) is 0 Å². The number of anilines is 1. The second-order valence-electron chi connectivity index (χ2n) is 3.99. The van der Waals surface area contributed by atoms with Gasteiger partial charge in [-0.3, -0.25) is 19.3 Å². The smallest absolute Gasteiger partial charge is 0.253 e. The summed E-state index contributed by atoms with van der Waals surface area (Å²) in [7, 11) is 1.78. The topological polar surface area (TPSA) is 66.5 Å². The number of para-hydroxylation sites is 1. The van der Waals surface area contributed by atoms with Crippen LogP contribution in [0.2, 0.25) is 0 Å². The lowest BCUT2D eigenvalue weighted by molar-refractivity contribution is -0.140. The van der Waals surface area contributed by atoms with E-state index in [0.717, 1.165) is 16.2 Å². The van der Waals surface area contributed by atoms with Gasteiger partial charge in [0.05, 0.1) is 6.54 Å². The molecule has 1 aromatic carbocycles. The minimum Gasteiger partial charge on any atom is -0.388 e. The van der Waals surface area contributed by atoms with Gasteiger partial charge in [-0.05, 0) is 17.7 Å². The maximum absolute atomic E-state index is 11.9. The molecule has 0 saturated heterocycles. The van der Waals surface area contributed by atoms with Gasteiger partial charge in [-0.15, -0.1) is 0 Å². The van der Waals surface area contributed by atoms with E-state index in [1.165, 1.54) is 6.08 Å². The Labute approximate surface area is 118 Å². The van der Waals surface area contributed by atoms with Crippen molar-refractivity contribution in [2.75, 3.05) is 18.9 Å². The fraction of sp³-hybridized carbons (Fsp3) is 0.267. The third kappa shape index (κ3) is 4.05. The summed E-state index contributed by atoms with van der Waals surface area (Å²) in [5, 5.41) is 3.00. The Morgan fingerprint density at radius 2 is 2.05 bits per heavy atom. The highest BCUT2D eigenvalue weighted by atomic mass is 16.2. The van der Waals surface area contributed by atoms with Crippen molar-refractivity contribution in [1.29, 1.82) is 0 Å². The van der Waals surface area contributed by atoms with Crippen molar-refractivity contribution >= 4 is 29.9 Å². The van der Waals surface area contributed by atoms with Crippen molar-refractivity contribution in [1.82, 2.24) is 4.90 Å². The van der Waals surface area contributed by atoms with Crippen LogP contribution >= 0.6 is 0 Å². The number of carbonyl (C=O) groups is 2. The minimum atomic E-state index is -0.522. The number of hydrogen-bond acceptors (Lipinski definition) is 4. The van der Waals surface area contributed by atoms with E-state index < -0.39 is 11.8 Å². The second-order valence-corrected chi connectivity index (χ2v) is 3.99. The van der Waals surface area contributed by atoms with Gasteiger partial charge in [0.2, 0.25) is 12.2 Å². The highest BCUT2D eigenvalue weighted by Crippen LogP contribution is 2.15. The van der Waals surface area contributed by atoms with Crippen molar-refractivity contribution in [3.05, 3.63) is 35.9 Å². The average molecular weight is 273 g/mol. The van der Waals surface area contributed by atoms with Crippen LogP contribution in [0.25, 0.3) is 6.08 Å². The number of benzene rings is 1. The molecule has 0 bridgehead atoms. The Bertz CT molecular complexity index is 524. The molecule has 5 heteroatoms. The Morgan fingerprint density at radius 3 is 2.65 bits per heavy atom. The highest BCUT2D eigenvalue weighted by molar-refractivity contribution is 6.04. The number of hydrogen-bond donors (Lipinski definition) is 1. The van der Waals surface area contributed by atoms with Crippen molar-refractivity contribution in [3.8, 4) is 0 Å². The Morgan fingerprint density at radius 1 is 1.35 bits per heavy atom. The van der Waals surface area contributed by atoms with Gasteiger partial charge in [-0.2, -0.15) is 0 Å². The van der Waals surface area contributed by atoms with E-state index in [9.17, 15) is 14.4 Å². The molecule has 0 aliphatic heterocycles. The van der Waals surface area contributed by atoms with Gasteiger partial charge >= 0.3 is 0 Å². The molecule has 0 unspecified atom stereocenters. The fourth-order valence-corrected chi connectivity index (χ4v) is 1.67. The third-order valence-corrected chi connectivity index (χ3v) is 2.73. The molecule has 1 aromatic rings. The number of carbonyl (C=O) groups excluding carboxylic acids is 3. The fourth-order valence-electron chi connectivity index (χ4n) is 1.67. The summed E-state index contributed by atoms with van der Waals surface area (Å²) in [5.41, 5.74) is 1.69. The molecule has 20 heavy (non-hydrogen) atoms. The van der Waals surface area contributed by atoms with Crippen molar-refractivity contribution in [3.63, 3.8) is 0 Å². The normalized spacial score (nSPS) is 10.3. The van der Waals surface area contributed by atoms with Gasteiger partial charge < -0.3 is 5.32 Å². The van der Waals surface area contributed by atoms with E-state index in [-0.39, 0.29) is 13.0 Å². The lowest BCUT2D eigenvalue weighted by atomic mass is 10.1. The summed E-state index contributed by atoms with van der Waals surface area (Å²) in [6.07, 6.45) is 4.62. The molecule has 2 amide bonds. The van der Waals surface area contributed by atoms with Crippen LogP contribution in [0.3, 0.4) is 0 Å². The summed E-state index contributed by atoms with van der Waals surface area (Å²) in [5.74, 6) is -0.920. The first-order valence-corrected chi connectivity index (χ1v) is 6.28. The Balaban J connectivity index is 2.89. The van der Waals surface area contributed by atoms with Gasteiger partial charge in [-0.25, -0.2) is 0 Å². The molecule has 0 aliphatic carbocycles. The molecule has 105 valence electrons. The molecule has 0 spiro atoms. The van der Waals surface area contributed by atoms with E-state index in [2.05, 4.69) is 5.32 Å². The minimum absolute atomic E-state index is 0.161. The second kappa shape index (κ2) is 7.89. The van der Waals surface area contributed by atoms with Crippen LogP contribution in [0.5, 0.6) is 0 Å². The van der Waals surface area contributed by atoms with Gasteiger partial charge in [0.1, 0.15) is 0 Å². The summed E-state index contributed by atoms with van der Waals surface area (Å²) in [6.45, 7) is 1.29. The highest BCUT2D eigenvalue weighted by Gasteiger charge is 2.17. The predicted octanol–water partition coefficient (Wildman–Crippen LogP) is 1.62. The monoisotopic (exact) mass is 273 g/mol. The van der Waals surface area contributed by atoms with Crippen LogP contribution in [0.15, 0.2) is 30.3 Å². The molecule has 0 fully saturated rings. The number of nitrogens with one attached hydrogen (secondary N) is 1. The Hall–Kier alpha value is -2.43. The van der Waals surface area contributed by atoms with E-state index in [0.29, 0.717) is 0 Å². The lowest BCUT2D eigenvalue weighted by Gasteiger charge is -2.14. The standard InChI is InChI=1S/C15H17N2O3/c1-3-14(19)17(10-11-18)15(20)9-8-12-6-4-5-7-13(12)16-2/h4-9,16H,3,10H2,1-2H3/b9-8+. The van der Waals surface area contributed by atoms with Crippen LogP contribution in [0.1, 0.15) is 18.9 Å². The van der Waals surface area contributed by atoms with Gasteiger partial charge in [0.25, 0.3) is 5.91 Å². The van der Waals surface area contributed by atoms with Crippen molar-refractivity contribution in [2.45, 2.75) is 13.3 Å². The van der Waals surface area contributed by atoms with Gasteiger partial charge in [0, 0.05) is 25.2 Å². The molecule has 1 N–H and O–H groups in total. The number of rotatable bonds is 6. The average Bonchev–Trinajstić information content (AvgIpc) is 2.49. The first-order valence-electron chi connectivity index (χ1n) is 6.28. The third-order valence-electron chi connectivity index (χ3n) is 2.73. The number of nitrogens with zero attached hydrogens (tertiary/aromatic N) is 1. The molecule has 5 nitrogen and oxygen atoms in total. The first-order chi connectivity index (χ1) is 9.63. The van der Waals surface area contributed by atoms with Crippen molar-refractivity contribution < 1.29 is 14.4 Å². The van der Waals surface area contributed by atoms with Crippen LogP contribution in [0.4, 0.5) is 5.69 Å². The molecule has 1 radical (unpaired) electrons. The summed E-state index contributed by atoms with van der Waals surface area (Å²) < 4.78 is 0. The number of amides is 2. The molecular formula is C15H17N2O3. The predicted molar refractivity (Wildman–Crippen MR) is 77.7 cm³/mol. The van der Waals surface area contributed by atoms with Crippen LogP contribution < -0.4 is 5.32 Å². The zero-order valence-electron chi connectivity index (χ0n) is 11.6. The number of imide groups is 1. The van der Waals surface area contributed by atoms with E-state index in [4.69, 9.17) is 0 Å². The summed E-state index contributed by atoms with van der Waals surface area (Å²) >= 11 is 0. The van der Waals surface area contributed by atoms with Crippen LogP contribution in [0, 0.1) is 0 Å². The largest absolute Gasteiger partial charge is 0.388 e. The van der Waals surface area contributed by atoms with E-state index in [1.807, 2.05) is 24.3 Å². The van der Waals surface area contributed by atoms with E-state index in [1.54, 1.807) is 26.3 Å². The maximum atomic E-state index is 11.9.